The SMILES string of the molecule is O=C(Nc1ccc2c(c1)OCCO2)C1CCCN(C(=O)C2CC(c3ccccn3)NN2)C1. The van der Waals surface area contributed by atoms with Crippen LogP contribution in [-0.4, -0.2) is 54.0 Å². The molecular formula is C23H27N5O4. The van der Waals surface area contributed by atoms with Gasteiger partial charge in [0.25, 0.3) is 0 Å². The minimum absolute atomic E-state index is 0.00996. The van der Waals surface area contributed by atoms with Crippen LogP contribution in [0.1, 0.15) is 31.0 Å². The van der Waals surface area contributed by atoms with Gasteiger partial charge in [-0.15, -0.1) is 0 Å². The summed E-state index contributed by atoms with van der Waals surface area (Å²) in [5.74, 6) is 1.01. The summed E-state index contributed by atoms with van der Waals surface area (Å²) in [6.07, 6.45) is 3.93. The largest absolute Gasteiger partial charge is 0.486 e. The number of piperidine rings is 1. The predicted molar refractivity (Wildman–Crippen MR) is 117 cm³/mol. The molecular weight excluding hydrogens is 410 g/mol. The highest BCUT2D eigenvalue weighted by Crippen LogP contribution is 2.33. The van der Waals surface area contributed by atoms with Crippen molar-refractivity contribution in [2.45, 2.75) is 31.3 Å². The van der Waals surface area contributed by atoms with Crippen LogP contribution in [0.15, 0.2) is 42.6 Å². The molecule has 2 amide bonds. The molecule has 0 bridgehead atoms. The van der Waals surface area contributed by atoms with E-state index in [2.05, 4.69) is 21.2 Å². The van der Waals surface area contributed by atoms with Crippen molar-refractivity contribution in [1.82, 2.24) is 20.7 Å². The van der Waals surface area contributed by atoms with Gasteiger partial charge in [-0.3, -0.25) is 14.6 Å². The molecule has 1 aromatic carbocycles. The summed E-state index contributed by atoms with van der Waals surface area (Å²) in [5, 5.41) is 2.97. The zero-order valence-electron chi connectivity index (χ0n) is 17.8. The van der Waals surface area contributed by atoms with E-state index in [-0.39, 0.29) is 29.8 Å². The Morgan fingerprint density at radius 2 is 1.97 bits per heavy atom. The second-order valence-corrected chi connectivity index (χ2v) is 8.36. The van der Waals surface area contributed by atoms with Gasteiger partial charge in [0.2, 0.25) is 11.8 Å². The smallest absolute Gasteiger partial charge is 0.241 e. The molecule has 3 unspecified atom stereocenters. The number of benzene rings is 1. The highest BCUT2D eigenvalue weighted by molar-refractivity contribution is 5.93. The Bertz CT molecular complexity index is 986. The average Bonchev–Trinajstić information content (AvgIpc) is 3.34. The number of ether oxygens (including phenoxy) is 2. The van der Waals surface area contributed by atoms with Crippen LogP contribution in [0.5, 0.6) is 11.5 Å². The fraction of sp³-hybridized carbons (Fsp3) is 0.435. The number of fused-ring (bicyclic) bond motifs is 1. The number of rotatable bonds is 4. The number of nitrogens with zero attached hydrogens (tertiary/aromatic N) is 2. The number of hydrogen-bond acceptors (Lipinski definition) is 7. The van der Waals surface area contributed by atoms with Crippen LogP contribution < -0.4 is 25.6 Å². The number of carbonyl (C=O) groups is 2. The van der Waals surface area contributed by atoms with Crippen LogP contribution >= 0.6 is 0 Å². The molecule has 168 valence electrons. The molecule has 32 heavy (non-hydrogen) atoms. The van der Waals surface area contributed by atoms with Crippen molar-refractivity contribution < 1.29 is 19.1 Å². The van der Waals surface area contributed by atoms with Crippen molar-refractivity contribution in [1.29, 1.82) is 0 Å². The zero-order valence-corrected chi connectivity index (χ0v) is 17.8. The number of hydrogen-bond donors (Lipinski definition) is 3. The maximum atomic E-state index is 13.1. The van der Waals surface area contributed by atoms with Crippen LogP contribution in [0, 0.1) is 5.92 Å². The minimum Gasteiger partial charge on any atom is -0.486 e. The van der Waals surface area contributed by atoms with Gasteiger partial charge in [-0.05, 0) is 43.5 Å². The molecule has 0 saturated carbocycles. The number of nitrogens with one attached hydrogen (secondary N) is 3. The van der Waals surface area contributed by atoms with Gasteiger partial charge in [0.1, 0.15) is 19.3 Å². The standard InChI is InChI=1S/C23H27N5O4/c29-22(25-16-6-7-20-21(12-16)32-11-10-31-20)15-4-3-9-28(14-15)23(30)19-13-18(26-27-19)17-5-1-2-8-24-17/h1-2,5-8,12,15,18-19,26-27H,3-4,9-11,13-14H2,(H,25,29). The van der Waals surface area contributed by atoms with Gasteiger partial charge in [-0.1, -0.05) is 6.07 Å². The van der Waals surface area contributed by atoms with E-state index in [0.717, 1.165) is 18.5 Å². The molecule has 4 heterocycles. The summed E-state index contributed by atoms with van der Waals surface area (Å²) >= 11 is 0. The van der Waals surface area contributed by atoms with Crippen molar-refractivity contribution in [2.24, 2.45) is 5.92 Å². The third kappa shape index (κ3) is 4.39. The molecule has 0 radical (unpaired) electrons. The Kier molecular flexibility index (Phi) is 5.91. The van der Waals surface area contributed by atoms with Crippen LogP contribution in [0.25, 0.3) is 0 Å². The zero-order chi connectivity index (χ0) is 21.9. The van der Waals surface area contributed by atoms with Crippen LogP contribution in [0.3, 0.4) is 0 Å². The lowest BCUT2D eigenvalue weighted by atomic mass is 9.95. The first-order valence-electron chi connectivity index (χ1n) is 11.1. The van der Waals surface area contributed by atoms with E-state index in [1.54, 1.807) is 23.2 Å². The number of hydrazine groups is 1. The van der Waals surface area contributed by atoms with E-state index in [9.17, 15) is 9.59 Å². The molecule has 9 nitrogen and oxygen atoms in total. The number of aromatic nitrogens is 1. The quantitative estimate of drug-likeness (QED) is 0.668. The fourth-order valence-electron chi connectivity index (χ4n) is 4.47. The fourth-order valence-corrected chi connectivity index (χ4v) is 4.47. The van der Waals surface area contributed by atoms with Crippen molar-refractivity contribution >= 4 is 17.5 Å². The van der Waals surface area contributed by atoms with Crippen molar-refractivity contribution in [3.63, 3.8) is 0 Å². The molecule has 3 atom stereocenters. The van der Waals surface area contributed by atoms with Crippen LogP contribution in [0.4, 0.5) is 5.69 Å². The Balaban J connectivity index is 1.18. The average molecular weight is 438 g/mol. The van der Waals surface area contributed by atoms with Gasteiger partial charge in [0.15, 0.2) is 11.5 Å². The summed E-state index contributed by atoms with van der Waals surface area (Å²) in [7, 11) is 0. The first-order valence-corrected chi connectivity index (χ1v) is 11.1. The topological polar surface area (TPSA) is 105 Å². The van der Waals surface area contributed by atoms with Gasteiger partial charge in [-0.2, -0.15) is 0 Å². The summed E-state index contributed by atoms with van der Waals surface area (Å²) in [6, 6.07) is 10.8. The van der Waals surface area contributed by atoms with Gasteiger partial charge >= 0.3 is 0 Å². The maximum Gasteiger partial charge on any atom is 0.241 e. The number of likely N-dealkylation sites (tertiary alicyclic amines) is 1. The molecule has 2 aromatic rings. The van der Waals surface area contributed by atoms with Gasteiger partial charge in [0.05, 0.1) is 17.7 Å². The Hall–Kier alpha value is -3.17. The summed E-state index contributed by atoms with van der Waals surface area (Å²) in [6.45, 7) is 2.11. The second-order valence-electron chi connectivity index (χ2n) is 8.36. The number of carbonyl (C=O) groups excluding carboxylic acids is 2. The van der Waals surface area contributed by atoms with E-state index >= 15 is 0 Å². The first-order chi connectivity index (χ1) is 15.7. The Morgan fingerprint density at radius 1 is 1.09 bits per heavy atom. The Labute approximate surface area is 186 Å². The Morgan fingerprint density at radius 3 is 2.81 bits per heavy atom. The highest BCUT2D eigenvalue weighted by atomic mass is 16.6. The molecule has 3 aliphatic heterocycles. The molecule has 0 spiro atoms. The van der Waals surface area contributed by atoms with E-state index in [1.807, 2.05) is 24.3 Å². The van der Waals surface area contributed by atoms with E-state index in [4.69, 9.17) is 9.47 Å². The summed E-state index contributed by atoms with van der Waals surface area (Å²) < 4.78 is 11.1. The molecule has 2 saturated heterocycles. The number of anilines is 1. The van der Waals surface area contributed by atoms with Crippen LogP contribution in [0.2, 0.25) is 0 Å². The lowest BCUT2D eigenvalue weighted by molar-refractivity contribution is -0.136. The molecule has 0 aliphatic carbocycles. The molecule has 2 fully saturated rings. The molecule has 1 aromatic heterocycles. The number of pyridine rings is 1. The first kappa shape index (κ1) is 20.7. The molecule has 9 heteroatoms. The van der Waals surface area contributed by atoms with Gasteiger partial charge < -0.3 is 19.7 Å². The molecule has 5 rings (SSSR count). The summed E-state index contributed by atoms with van der Waals surface area (Å²) in [5.41, 5.74) is 7.86. The molecule has 3 aliphatic rings. The minimum atomic E-state index is -0.332. The molecule has 3 N–H and O–H groups in total. The lowest BCUT2D eigenvalue weighted by Crippen LogP contribution is -2.50. The van der Waals surface area contributed by atoms with E-state index in [1.165, 1.54) is 0 Å². The van der Waals surface area contributed by atoms with Crippen LogP contribution in [-0.2, 0) is 9.59 Å². The van der Waals surface area contributed by atoms with Gasteiger partial charge in [0, 0.05) is 31.0 Å². The third-order valence-corrected chi connectivity index (χ3v) is 6.16. The summed E-state index contributed by atoms with van der Waals surface area (Å²) in [4.78, 5) is 32.2. The van der Waals surface area contributed by atoms with Crippen molar-refractivity contribution in [3.05, 3.63) is 48.3 Å². The van der Waals surface area contributed by atoms with Crippen molar-refractivity contribution in [2.75, 3.05) is 31.6 Å². The number of amides is 2. The lowest BCUT2D eigenvalue weighted by Gasteiger charge is -2.33. The third-order valence-electron chi connectivity index (χ3n) is 6.16. The second kappa shape index (κ2) is 9.13. The highest BCUT2D eigenvalue weighted by Gasteiger charge is 2.36. The van der Waals surface area contributed by atoms with E-state index in [0.29, 0.717) is 49.9 Å². The monoisotopic (exact) mass is 437 g/mol. The maximum absolute atomic E-state index is 13.1. The van der Waals surface area contributed by atoms with Crippen molar-refractivity contribution in [3.8, 4) is 11.5 Å². The normalized spacial score (nSPS) is 24.8. The predicted octanol–water partition coefficient (Wildman–Crippen LogP) is 1.64. The van der Waals surface area contributed by atoms with Gasteiger partial charge in [-0.25, -0.2) is 10.9 Å². The van der Waals surface area contributed by atoms with E-state index < -0.39 is 0 Å².